The van der Waals surface area contributed by atoms with Crippen molar-refractivity contribution in [2.24, 2.45) is 7.05 Å². The third-order valence-electron chi connectivity index (χ3n) is 6.56. The summed E-state index contributed by atoms with van der Waals surface area (Å²) in [4.78, 5) is 12.6. The normalized spacial score (nSPS) is 11.4. The minimum Gasteiger partial charge on any atom is -0.488 e. The van der Waals surface area contributed by atoms with Crippen LogP contribution in [0.2, 0.25) is 0 Å². The van der Waals surface area contributed by atoms with E-state index in [0.717, 1.165) is 5.56 Å². The van der Waals surface area contributed by atoms with Gasteiger partial charge in [0, 0.05) is 48.7 Å². The average molecular weight is 584 g/mol. The SMILES string of the molecule is CCS(=O)(=O)c1ccc(Oc2c(F)cc(F)cc2CCCCO)c(-c2cn(C)c(=O)cc2OCc2ccccc2)c1. The van der Waals surface area contributed by atoms with Crippen LogP contribution in [-0.2, 0) is 29.9 Å². The fraction of sp³-hybridized carbons (Fsp3) is 0.258. The molecule has 7 nitrogen and oxygen atoms in total. The molecule has 1 N–H and O–H groups in total. The number of aliphatic hydroxyl groups excluding tert-OH is 1. The van der Waals surface area contributed by atoms with Crippen LogP contribution in [0.5, 0.6) is 17.2 Å². The first-order valence-electron chi connectivity index (χ1n) is 13.1. The molecule has 0 radical (unpaired) electrons. The molecule has 0 unspecified atom stereocenters. The maximum absolute atomic E-state index is 15.1. The third-order valence-corrected chi connectivity index (χ3v) is 8.29. The lowest BCUT2D eigenvalue weighted by Crippen LogP contribution is -2.16. The number of hydrogen-bond donors (Lipinski definition) is 1. The summed E-state index contributed by atoms with van der Waals surface area (Å²) in [5, 5.41) is 9.15. The van der Waals surface area contributed by atoms with Gasteiger partial charge in [-0.2, -0.15) is 0 Å². The fourth-order valence-electron chi connectivity index (χ4n) is 4.29. The first-order valence-corrected chi connectivity index (χ1v) is 14.8. The summed E-state index contributed by atoms with van der Waals surface area (Å²) in [7, 11) is -2.11. The number of sulfone groups is 1. The average Bonchev–Trinajstić information content (AvgIpc) is 2.96. The van der Waals surface area contributed by atoms with Crippen molar-refractivity contribution >= 4 is 9.84 Å². The maximum atomic E-state index is 15.1. The molecular formula is C31H31F2NO6S. The molecule has 41 heavy (non-hydrogen) atoms. The molecule has 3 aromatic carbocycles. The molecule has 0 aliphatic rings. The number of aryl methyl sites for hydroxylation is 2. The zero-order valence-electron chi connectivity index (χ0n) is 22.8. The van der Waals surface area contributed by atoms with Gasteiger partial charge in [-0.3, -0.25) is 4.79 Å². The number of hydrogen-bond acceptors (Lipinski definition) is 6. The van der Waals surface area contributed by atoms with Crippen molar-refractivity contribution < 1.29 is 31.8 Å². The number of unbranched alkanes of at least 4 members (excludes halogenated alkanes) is 1. The lowest BCUT2D eigenvalue weighted by atomic mass is 10.0. The highest BCUT2D eigenvalue weighted by Gasteiger charge is 2.22. The van der Waals surface area contributed by atoms with E-state index in [4.69, 9.17) is 14.6 Å². The summed E-state index contributed by atoms with van der Waals surface area (Å²) < 4.78 is 68.2. The van der Waals surface area contributed by atoms with Crippen molar-refractivity contribution in [3.05, 3.63) is 106 Å². The van der Waals surface area contributed by atoms with Crippen LogP contribution >= 0.6 is 0 Å². The highest BCUT2D eigenvalue weighted by Crippen LogP contribution is 2.41. The van der Waals surface area contributed by atoms with Gasteiger partial charge in [-0.15, -0.1) is 0 Å². The predicted octanol–water partition coefficient (Wildman–Crippen LogP) is 5.81. The monoisotopic (exact) mass is 583 g/mol. The number of rotatable bonds is 12. The van der Waals surface area contributed by atoms with E-state index in [-0.39, 0.29) is 64.2 Å². The molecule has 0 saturated carbocycles. The Kier molecular flexibility index (Phi) is 9.57. The third kappa shape index (κ3) is 7.20. The molecule has 10 heteroatoms. The molecule has 0 fully saturated rings. The van der Waals surface area contributed by atoms with Gasteiger partial charge < -0.3 is 19.1 Å². The molecular weight excluding hydrogens is 552 g/mol. The van der Waals surface area contributed by atoms with E-state index in [9.17, 15) is 17.6 Å². The number of aliphatic hydroxyl groups is 1. The van der Waals surface area contributed by atoms with Gasteiger partial charge in [-0.05, 0) is 49.1 Å². The number of ether oxygens (including phenoxy) is 2. The molecule has 1 heterocycles. The molecule has 216 valence electrons. The van der Waals surface area contributed by atoms with Gasteiger partial charge >= 0.3 is 0 Å². The number of halogens is 2. The fourth-order valence-corrected chi connectivity index (χ4v) is 5.20. The Labute approximate surface area is 237 Å². The minimum absolute atomic E-state index is 0.00737. The van der Waals surface area contributed by atoms with E-state index < -0.39 is 21.5 Å². The number of benzene rings is 3. The highest BCUT2D eigenvalue weighted by atomic mass is 32.2. The molecule has 4 rings (SSSR count). The Bertz CT molecular complexity index is 1690. The first kappa shape index (κ1) is 30.0. The topological polar surface area (TPSA) is 94.8 Å². The smallest absolute Gasteiger partial charge is 0.254 e. The van der Waals surface area contributed by atoms with E-state index >= 15 is 4.39 Å². The summed E-state index contributed by atoms with van der Waals surface area (Å²) in [5.41, 5.74) is 1.33. The summed E-state index contributed by atoms with van der Waals surface area (Å²) in [6, 6.07) is 16.6. The second kappa shape index (κ2) is 13.1. The van der Waals surface area contributed by atoms with Crippen molar-refractivity contribution in [2.45, 2.75) is 37.7 Å². The van der Waals surface area contributed by atoms with E-state index in [1.807, 2.05) is 30.3 Å². The summed E-state index contributed by atoms with van der Waals surface area (Å²) in [5.74, 6) is -1.81. The Morgan fingerprint density at radius 3 is 2.39 bits per heavy atom. The molecule has 0 aliphatic carbocycles. The van der Waals surface area contributed by atoms with E-state index in [2.05, 4.69) is 0 Å². The highest BCUT2D eigenvalue weighted by molar-refractivity contribution is 7.91. The second-order valence-corrected chi connectivity index (χ2v) is 11.8. The Balaban J connectivity index is 1.87. The van der Waals surface area contributed by atoms with Gasteiger partial charge in [-0.1, -0.05) is 37.3 Å². The van der Waals surface area contributed by atoms with Gasteiger partial charge in [0.25, 0.3) is 5.56 Å². The molecule has 0 saturated heterocycles. The Morgan fingerprint density at radius 1 is 0.927 bits per heavy atom. The number of aromatic nitrogens is 1. The molecule has 0 spiro atoms. The molecule has 0 atom stereocenters. The zero-order chi connectivity index (χ0) is 29.6. The van der Waals surface area contributed by atoms with Gasteiger partial charge in [0.2, 0.25) is 0 Å². The Morgan fingerprint density at radius 2 is 1.68 bits per heavy atom. The number of nitrogens with zero attached hydrogens (tertiary/aromatic N) is 1. The standard InChI is InChI=1S/C31H31F2NO6S/c1-3-41(37,38)24-12-13-28(40-31-22(11-7-8-14-35)15-23(32)16-27(31)33)25(17-24)26-19-34(2)30(36)18-29(26)39-20-21-9-5-4-6-10-21/h4-6,9-10,12-13,15-19,35H,3,7-8,11,14,20H2,1-2H3. The summed E-state index contributed by atoms with van der Waals surface area (Å²) >= 11 is 0. The number of pyridine rings is 1. The van der Waals surface area contributed by atoms with E-state index in [0.29, 0.717) is 24.5 Å². The van der Waals surface area contributed by atoms with Crippen LogP contribution in [-0.4, -0.2) is 30.5 Å². The van der Waals surface area contributed by atoms with Gasteiger partial charge in [0.1, 0.15) is 23.9 Å². The van der Waals surface area contributed by atoms with Crippen molar-refractivity contribution in [3.8, 4) is 28.4 Å². The van der Waals surface area contributed by atoms with Gasteiger partial charge in [-0.25, -0.2) is 17.2 Å². The zero-order valence-corrected chi connectivity index (χ0v) is 23.6. The van der Waals surface area contributed by atoms with Crippen molar-refractivity contribution in [1.29, 1.82) is 0 Å². The van der Waals surface area contributed by atoms with Crippen molar-refractivity contribution in [3.63, 3.8) is 0 Å². The molecule has 4 aromatic rings. The van der Waals surface area contributed by atoms with Crippen LogP contribution < -0.4 is 15.0 Å². The van der Waals surface area contributed by atoms with Crippen LogP contribution in [0.3, 0.4) is 0 Å². The first-order chi connectivity index (χ1) is 19.6. The molecule has 0 amide bonds. The second-order valence-electron chi connectivity index (χ2n) is 9.49. The molecule has 0 bridgehead atoms. The Hall–Kier alpha value is -4.02. The van der Waals surface area contributed by atoms with Crippen molar-refractivity contribution in [1.82, 2.24) is 4.57 Å². The maximum Gasteiger partial charge on any atom is 0.254 e. The molecule has 0 aliphatic heterocycles. The molecule has 1 aromatic heterocycles. The van der Waals surface area contributed by atoms with Gasteiger partial charge in [0.15, 0.2) is 21.4 Å². The van der Waals surface area contributed by atoms with Crippen LogP contribution in [0.1, 0.15) is 30.9 Å². The quantitative estimate of drug-likeness (QED) is 0.212. The minimum atomic E-state index is -3.65. The summed E-state index contributed by atoms with van der Waals surface area (Å²) in [6.07, 6.45) is 2.64. The van der Waals surface area contributed by atoms with E-state index in [1.165, 1.54) is 48.0 Å². The van der Waals surface area contributed by atoms with Crippen LogP contribution in [0.4, 0.5) is 8.78 Å². The lowest BCUT2D eigenvalue weighted by molar-refractivity contribution is 0.284. The lowest BCUT2D eigenvalue weighted by Gasteiger charge is -2.19. The largest absolute Gasteiger partial charge is 0.488 e. The van der Waals surface area contributed by atoms with Crippen LogP contribution in [0.15, 0.2) is 82.6 Å². The predicted molar refractivity (Wildman–Crippen MR) is 152 cm³/mol. The van der Waals surface area contributed by atoms with E-state index in [1.54, 1.807) is 7.05 Å². The van der Waals surface area contributed by atoms with Crippen molar-refractivity contribution in [2.75, 3.05) is 12.4 Å². The summed E-state index contributed by atoms with van der Waals surface area (Å²) in [6.45, 7) is 1.59. The van der Waals surface area contributed by atoms with Crippen LogP contribution in [0, 0.1) is 11.6 Å². The van der Waals surface area contributed by atoms with Crippen LogP contribution in [0.25, 0.3) is 11.1 Å². The van der Waals surface area contributed by atoms with Gasteiger partial charge in [0.05, 0.1) is 10.6 Å².